The molecule has 1 aliphatic rings. The fourth-order valence-electron chi connectivity index (χ4n) is 1.84. The lowest BCUT2D eigenvalue weighted by Gasteiger charge is -2.18. The van der Waals surface area contributed by atoms with E-state index in [1.54, 1.807) is 17.5 Å². The Balaban J connectivity index is 1.77. The number of thiophene rings is 1. The van der Waals surface area contributed by atoms with Gasteiger partial charge < -0.3 is 15.4 Å². The maximum atomic E-state index is 11.9. The summed E-state index contributed by atoms with van der Waals surface area (Å²) in [5.74, 6) is -1.72. The van der Waals surface area contributed by atoms with Crippen LogP contribution < -0.4 is 10.6 Å². The van der Waals surface area contributed by atoms with Gasteiger partial charge in [-0.1, -0.05) is 6.07 Å². The molecule has 1 aromatic rings. The molecule has 0 aromatic carbocycles. The van der Waals surface area contributed by atoms with Gasteiger partial charge in [-0.25, -0.2) is 4.79 Å². The van der Waals surface area contributed by atoms with Crippen LogP contribution in [0.2, 0.25) is 0 Å². The zero-order valence-corrected chi connectivity index (χ0v) is 12.6. The quantitative estimate of drug-likeness (QED) is 0.739. The second kappa shape index (κ2) is 7.03. The van der Waals surface area contributed by atoms with Crippen LogP contribution in [0.25, 0.3) is 0 Å². The topological polar surface area (TPSA) is 105 Å². The van der Waals surface area contributed by atoms with Crippen molar-refractivity contribution in [2.75, 3.05) is 19.6 Å². The number of ether oxygens (including phenoxy) is 1. The monoisotopic (exact) mass is 325 g/mol. The van der Waals surface area contributed by atoms with Crippen LogP contribution in [0.15, 0.2) is 17.5 Å². The average molecular weight is 325 g/mol. The number of amides is 4. The predicted molar refractivity (Wildman–Crippen MR) is 77.3 cm³/mol. The molecule has 0 radical (unpaired) electrons. The minimum absolute atomic E-state index is 0.245. The zero-order valence-electron chi connectivity index (χ0n) is 11.8. The molecule has 8 nitrogen and oxygen atoms in total. The van der Waals surface area contributed by atoms with Crippen molar-refractivity contribution in [2.24, 2.45) is 0 Å². The lowest BCUT2D eigenvalue weighted by Crippen LogP contribution is -2.43. The van der Waals surface area contributed by atoms with E-state index in [0.717, 1.165) is 4.90 Å². The Labute approximate surface area is 130 Å². The summed E-state index contributed by atoms with van der Waals surface area (Å²) in [6.07, 6.45) is -1.09. The average Bonchev–Trinajstić information content (AvgIpc) is 3.15. The summed E-state index contributed by atoms with van der Waals surface area (Å²) in [7, 11) is 0. The summed E-state index contributed by atoms with van der Waals surface area (Å²) >= 11 is 1.25. The van der Waals surface area contributed by atoms with Gasteiger partial charge in [0.15, 0.2) is 6.10 Å². The summed E-state index contributed by atoms with van der Waals surface area (Å²) in [6.45, 7) is 1.66. The fourth-order valence-corrected chi connectivity index (χ4v) is 2.48. The minimum Gasteiger partial charge on any atom is -0.451 e. The van der Waals surface area contributed by atoms with Crippen molar-refractivity contribution in [3.8, 4) is 0 Å². The maximum absolute atomic E-state index is 11.9. The molecule has 0 bridgehead atoms. The summed E-state index contributed by atoms with van der Waals surface area (Å²) in [5, 5.41) is 6.63. The van der Waals surface area contributed by atoms with Crippen molar-refractivity contribution in [2.45, 2.75) is 13.0 Å². The van der Waals surface area contributed by atoms with Crippen LogP contribution in [-0.2, 0) is 14.3 Å². The second-order valence-corrected chi connectivity index (χ2v) is 5.46. The summed E-state index contributed by atoms with van der Waals surface area (Å²) in [6, 6.07) is 2.85. The highest BCUT2D eigenvalue weighted by Crippen LogP contribution is 2.08. The van der Waals surface area contributed by atoms with Crippen molar-refractivity contribution in [1.82, 2.24) is 15.5 Å². The number of hydrogen-bond acceptors (Lipinski definition) is 6. The van der Waals surface area contributed by atoms with Gasteiger partial charge in [0.05, 0.1) is 4.88 Å². The van der Waals surface area contributed by atoms with Gasteiger partial charge in [0.25, 0.3) is 11.8 Å². The lowest BCUT2D eigenvalue weighted by atomic mass is 10.3. The Morgan fingerprint density at radius 1 is 1.50 bits per heavy atom. The fraction of sp³-hybridized carbons (Fsp3) is 0.385. The Hall–Kier alpha value is -2.42. The number of imide groups is 1. The smallest absolute Gasteiger partial charge is 0.326 e. The number of carbonyl (C=O) groups is 4. The van der Waals surface area contributed by atoms with Gasteiger partial charge in [-0.15, -0.1) is 11.3 Å². The van der Waals surface area contributed by atoms with Gasteiger partial charge in [0, 0.05) is 13.1 Å². The summed E-state index contributed by atoms with van der Waals surface area (Å²) in [5.41, 5.74) is 0. The largest absolute Gasteiger partial charge is 0.451 e. The molecular weight excluding hydrogens is 310 g/mol. The van der Waals surface area contributed by atoms with Gasteiger partial charge in [-0.2, -0.15) is 0 Å². The molecule has 1 aliphatic heterocycles. The van der Waals surface area contributed by atoms with Crippen LogP contribution in [0.5, 0.6) is 0 Å². The molecule has 118 valence electrons. The van der Waals surface area contributed by atoms with Crippen molar-refractivity contribution in [1.29, 1.82) is 0 Å². The molecule has 4 amide bonds. The number of esters is 1. The Morgan fingerprint density at radius 3 is 2.86 bits per heavy atom. The van der Waals surface area contributed by atoms with Crippen LogP contribution in [0.3, 0.4) is 0 Å². The number of nitrogens with one attached hydrogen (secondary N) is 2. The molecule has 9 heteroatoms. The third-order valence-electron chi connectivity index (χ3n) is 2.92. The molecule has 2 heterocycles. The van der Waals surface area contributed by atoms with E-state index in [2.05, 4.69) is 10.6 Å². The van der Waals surface area contributed by atoms with Crippen LogP contribution in [-0.4, -0.2) is 54.5 Å². The molecule has 1 aromatic heterocycles. The van der Waals surface area contributed by atoms with E-state index in [0.29, 0.717) is 11.4 Å². The second-order valence-electron chi connectivity index (χ2n) is 4.51. The molecule has 0 saturated carbocycles. The molecule has 1 atom stereocenters. The standard InChI is InChI=1S/C13H15N3O5S/c1-8(12(19)16-5-4-14-13(16)20)21-10(17)7-15-11(18)9-3-2-6-22-9/h2-3,6,8H,4-5,7H2,1H3,(H,14,20)(H,15,18). The Morgan fingerprint density at radius 2 is 2.27 bits per heavy atom. The van der Waals surface area contributed by atoms with Gasteiger partial charge in [0.2, 0.25) is 0 Å². The normalized spacial score (nSPS) is 15.1. The number of urea groups is 1. The van der Waals surface area contributed by atoms with E-state index >= 15 is 0 Å². The predicted octanol–water partition coefficient (Wildman–Crippen LogP) is -0.0386. The first-order valence-electron chi connectivity index (χ1n) is 6.59. The molecule has 2 N–H and O–H groups in total. The third-order valence-corrected chi connectivity index (χ3v) is 3.79. The first-order chi connectivity index (χ1) is 10.5. The van der Waals surface area contributed by atoms with Crippen LogP contribution in [0.4, 0.5) is 4.79 Å². The molecule has 1 fully saturated rings. The molecule has 0 aliphatic carbocycles. The Bertz CT molecular complexity index is 587. The van der Waals surface area contributed by atoms with Crippen molar-refractivity contribution in [3.05, 3.63) is 22.4 Å². The summed E-state index contributed by atoms with van der Waals surface area (Å²) < 4.78 is 4.92. The van der Waals surface area contributed by atoms with E-state index in [-0.39, 0.29) is 19.0 Å². The van der Waals surface area contributed by atoms with Crippen LogP contribution in [0, 0.1) is 0 Å². The highest BCUT2D eigenvalue weighted by atomic mass is 32.1. The number of rotatable bonds is 5. The number of carbonyl (C=O) groups excluding carboxylic acids is 4. The first kappa shape index (κ1) is 16.0. The van der Waals surface area contributed by atoms with E-state index < -0.39 is 24.0 Å². The van der Waals surface area contributed by atoms with Gasteiger partial charge in [-0.05, 0) is 18.4 Å². The van der Waals surface area contributed by atoms with Gasteiger partial charge >= 0.3 is 12.0 Å². The van der Waals surface area contributed by atoms with E-state index in [4.69, 9.17) is 4.74 Å². The van der Waals surface area contributed by atoms with Gasteiger partial charge in [0.1, 0.15) is 6.54 Å². The number of nitrogens with zero attached hydrogens (tertiary/aromatic N) is 1. The van der Waals surface area contributed by atoms with E-state index in [1.165, 1.54) is 18.3 Å². The van der Waals surface area contributed by atoms with Gasteiger partial charge in [-0.3, -0.25) is 19.3 Å². The van der Waals surface area contributed by atoms with Crippen LogP contribution >= 0.6 is 11.3 Å². The SMILES string of the molecule is CC(OC(=O)CNC(=O)c1cccs1)C(=O)N1CCNC1=O. The summed E-state index contributed by atoms with van der Waals surface area (Å²) in [4.78, 5) is 48.0. The highest BCUT2D eigenvalue weighted by Gasteiger charge is 2.31. The van der Waals surface area contributed by atoms with Crippen molar-refractivity contribution < 1.29 is 23.9 Å². The van der Waals surface area contributed by atoms with Crippen molar-refractivity contribution in [3.63, 3.8) is 0 Å². The minimum atomic E-state index is -1.09. The molecule has 1 unspecified atom stereocenters. The molecule has 1 saturated heterocycles. The first-order valence-corrected chi connectivity index (χ1v) is 7.47. The Kier molecular flexibility index (Phi) is 5.10. The maximum Gasteiger partial charge on any atom is 0.326 e. The molecule has 22 heavy (non-hydrogen) atoms. The van der Waals surface area contributed by atoms with E-state index in [1.807, 2.05) is 0 Å². The lowest BCUT2D eigenvalue weighted by molar-refractivity contribution is -0.156. The third kappa shape index (κ3) is 3.82. The molecule has 2 rings (SSSR count). The zero-order chi connectivity index (χ0) is 16.1. The molecular formula is C13H15N3O5S. The number of hydrogen-bond donors (Lipinski definition) is 2. The van der Waals surface area contributed by atoms with E-state index in [9.17, 15) is 19.2 Å². The van der Waals surface area contributed by atoms with Crippen LogP contribution in [0.1, 0.15) is 16.6 Å². The van der Waals surface area contributed by atoms with Crippen molar-refractivity contribution >= 4 is 35.2 Å². The molecule has 0 spiro atoms. The highest BCUT2D eigenvalue weighted by molar-refractivity contribution is 7.12.